The molecule has 23 heavy (non-hydrogen) atoms. The van der Waals surface area contributed by atoms with Gasteiger partial charge in [-0.15, -0.1) is 0 Å². The molecule has 0 fully saturated rings. The maximum Gasteiger partial charge on any atom is 0.203 e. The number of hydrogen-bond donors (Lipinski definition) is 3. The predicted molar refractivity (Wildman–Crippen MR) is 82.5 cm³/mol. The van der Waals surface area contributed by atoms with E-state index in [1.54, 1.807) is 12.1 Å². The fourth-order valence-electron chi connectivity index (χ4n) is 2.89. The zero-order chi connectivity index (χ0) is 16.6. The fraction of sp³-hybridized carbons (Fsp3) is 0.294. The monoisotopic (exact) mass is 318 g/mol. The van der Waals surface area contributed by atoms with Gasteiger partial charge in [0, 0.05) is 17.2 Å². The number of methoxy groups -OCH3 is 2. The van der Waals surface area contributed by atoms with E-state index in [9.17, 15) is 15.3 Å². The highest BCUT2D eigenvalue weighted by Crippen LogP contribution is 2.49. The van der Waals surface area contributed by atoms with Crippen molar-refractivity contribution in [3.8, 4) is 28.7 Å². The second kappa shape index (κ2) is 5.89. The molecule has 3 rings (SSSR count). The molecule has 0 bridgehead atoms. The van der Waals surface area contributed by atoms with Gasteiger partial charge in [0.05, 0.1) is 32.8 Å². The molecule has 2 atom stereocenters. The first-order valence-corrected chi connectivity index (χ1v) is 7.14. The number of benzene rings is 2. The molecule has 0 saturated heterocycles. The average molecular weight is 318 g/mol. The second-order valence-corrected chi connectivity index (χ2v) is 5.32. The average Bonchev–Trinajstić information content (AvgIpc) is 2.55. The van der Waals surface area contributed by atoms with E-state index < -0.39 is 6.10 Å². The van der Waals surface area contributed by atoms with Gasteiger partial charge in [0.1, 0.15) is 11.5 Å². The van der Waals surface area contributed by atoms with Crippen LogP contribution < -0.4 is 14.2 Å². The zero-order valence-corrected chi connectivity index (χ0v) is 12.8. The van der Waals surface area contributed by atoms with Crippen LogP contribution in [0.2, 0.25) is 0 Å². The topological polar surface area (TPSA) is 88.4 Å². The number of hydrogen-bond acceptors (Lipinski definition) is 6. The third kappa shape index (κ3) is 2.51. The molecule has 0 radical (unpaired) electrons. The van der Waals surface area contributed by atoms with Crippen molar-refractivity contribution in [1.82, 2.24) is 0 Å². The third-order valence-corrected chi connectivity index (χ3v) is 4.05. The smallest absolute Gasteiger partial charge is 0.203 e. The molecule has 3 N–H and O–H groups in total. The first-order chi connectivity index (χ1) is 11.1. The minimum Gasteiger partial charge on any atom is -0.508 e. The Kier molecular flexibility index (Phi) is 3.92. The van der Waals surface area contributed by atoms with Crippen LogP contribution in [0.4, 0.5) is 0 Å². The van der Waals surface area contributed by atoms with Crippen molar-refractivity contribution in [2.75, 3.05) is 20.8 Å². The number of phenolic OH excluding ortho intramolecular Hbond substituents is 2. The van der Waals surface area contributed by atoms with Crippen molar-refractivity contribution in [3.63, 3.8) is 0 Å². The Bertz CT molecular complexity index is 727. The Morgan fingerprint density at radius 2 is 1.78 bits per heavy atom. The van der Waals surface area contributed by atoms with Crippen LogP contribution in [0.5, 0.6) is 28.7 Å². The lowest BCUT2D eigenvalue weighted by atomic mass is 9.86. The molecule has 0 aromatic heterocycles. The maximum absolute atomic E-state index is 10.7. The van der Waals surface area contributed by atoms with Crippen LogP contribution in [0.3, 0.4) is 0 Å². The first kappa shape index (κ1) is 15.3. The van der Waals surface area contributed by atoms with Gasteiger partial charge in [-0.2, -0.15) is 0 Å². The Morgan fingerprint density at radius 3 is 2.48 bits per heavy atom. The van der Waals surface area contributed by atoms with E-state index in [-0.39, 0.29) is 29.8 Å². The van der Waals surface area contributed by atoms with Crippen LogP contribution >= 0.6 is 0 Å². The van der Waals surface area contributed by atoms with E-state index in [2.05, 4.69) is 0 Å². The Labute approximate surface area is 133 Å². The highest BCUT2D eigenvalue weighted by Gasteiger charge is 2.35. The highest BCUT2D eigenvalue weighted by molar-refractivity contribution is 5.57. The molecule has 2 aromatic carbocycles. The van der Waals surface area contributed by atoms with E-state index in [0.717, 1.165) is 5.56 Å². The largest absolute Gasteiger partial charge is 0.508 e. The number of rotatable bonds is 3. The highest BCUT2D eigenvalue weighted by atomic mass is 16.5. The van der Waals surface area contributed by atoms with Gasteiger partial charge in [-0.1, -0.05) is 6.07 Å². The van der Waals surface area contributed by atoms with Gasteiger partial charge in [-0.25, -0.2) is 0 Å². The molecule has 0 amide bonds. The van der Waals surface area contributed by atoms with Gasteiger partial charge >= 0.3 is 0 Å². The SMILES string of the molecule is COc1cc(O)ccc1[C@H]1COc2c(ccc(O)c2OC)[C@@H]1O. The molecule has 122 valence electrons. The summed E-state index contributed by atoms with van der Waals surface area (Å²) in [5.41, 5.74) is 1.27. The molecule has 0 unspecified atom stereocenters. The number of aromatic hydroxyl groups is 2. The predicted octanol–water partition coefficient (Wildman–Crippen LogP) is 2.32. The molecule has 6 nitrogen and oxygen atoms in total. The molecule has 0 aliphatic carbocycles. The Hall–Kier alpha value is -2.60. The minimum atomic E-state index is -0.855. The van der Waals surface area contributed by atoms with Crippen molar-refractivity contribution in [1.29, 1.82) is 0 Å². The van der Waals surface area contributed by atoms with Crippen LogP contribution in [0.1, 0.15) is 23.1 Å². The first-order valence-electron chi connectivity index (χ1n) is 7.14. The summed E-state index contributed by atoms with van der Waals surface area (Å²) in [4.78, 5) is 0. The van der Waals surface area contributed by atoms with Crippen LogP contribution in [-0.2, 0) is 0 Å². The Balaban J connectivity index is 2.03. The molecule has 1 aliphatic heterocycles. The van der Waals surface area contributed by atoms with Gasteiger partial charge in [0.15, 0.2) is 11.5 Å². The maximum atomic E-state index is 10.7. The molecule has 1 heterocycles. The van der Waals surface area contributed by atoms with E-state index >= 15 is 0 Å². The molecule has 1 aliphatic rings. The molecular weight excluding hydrogens is 300 g/mol. The number of phenols is 2. The summed E-state index contributed by atoms with van der Waals surface area (Å²) in [5.74, 6) is 0.703. The quantitative estimate of drug-likeness (QED) is 0.805. The van der Waals surface area contributed by atoms with E-state index in [4.69, 9.17) is 14.2 Å². The molecule has 0 spiro atoms. The van der Waals surface area contributed by atoms with Crippen LogP contribution in [0.25, 0.3) is 0 Å². The fourth-order valence-corrected chi connectivity index (χ4v) is 2.89. The zero-order valence-electron chi connectivity index (χ0n) is 12.8. The number of ether oxygens (including phenoxy) is 3. The number of aliphatic hydroxyl groups is 1. The third-order valence-electron chi connectivity index (χ3n) is 4.05. The van der Waals surface area contributed by atoms with Crippen LogP contribution in [0.15, 0.2) is 30.3 Å². The summed E-state index contributed by atoms with van der Waals surface area (Å²) in [6, 6.07) is 7.80. The molecular formula is C17H18O6. The van der Waals surface area contributed by atoms with Crippen molar-refractivity contribution < 1.29 is 29.5 Å². The summed E-state index contributed by atoms with van der Waals surface area (Å²) in [5, 5.41) is 30.1. The summed E-state index contributed by atoms with van der Waals surface area (Å²) in [6.45, 7) is 0.190. The van der Waals surface area contributed by atoms with E-state index in [0.29, 0.717) is 17.1 Å². The summed E-state index contributed by atoms with van der Waals surface area (Å²) >= 11 is 0. The van der Waals surface area contributed by atoms with Crippen molar-refractivity contribution in [2.45, 2.75) is 12.0 Å². The summed E-state index contributed by atoms with van der Waals surface area (Å²) in [6.07, 6.45) is -0.855. The summed E-state index contributed by atoms with van der Waals surface area (Å²) in [7, 11) is 2.93. The molecule has 6 heteroatoms. The number of aliphatic hydroxyl groups excluding tert-OH is 1. The van der Waals surface area contributed by atoms with Crippen molar-refractivity contribution in [3.05, 3.63) is 41.5 Å². The normalized spacial score (nSPS) is 19.6. The lowest BCUT2D eigenvalue weighted by Gasteiger charge is -2.32. The van der Waals surface area contributed by atoms with Crippen molar-refractivity contribution in [2.24, 2.45) is 0 Å². The van der Waals surface area contributed by atoms with Gasteiger partial charge in [-0.05, 0) is 18.2 Å². The summed E-state index contributed by atoms with van der Waals surface area (Å²) < 4.78 is 16.2. The Morgan fingerprint density at radius 1 is 1.04 bits per heavy atom. The van der Waals surface area contributed by atoms with E-state index in [1.165, 1.54) is 32.4 Å². The van der Waals surface area contributed by atoms with Gasteiger partial charge < -0.3 is 29.5 Å². The van der Waals surface area contributed by atoms with Crippen molar-refractivity contribution >= 4 is 0 Å². The minimum absolute atomic E-state index is 0.0425. The van der Waals surface area contributed by atoms with Gasteiger partial charge in [0.25, 0.3) is 0 Å². The van der Waals surface area contributed by atoms with Crippen LogP contribution in [0, 0.1) is 0 Å². The van der Waals surface area contributed by atoms with Gasteiger partial charge in [-0.3, -0.25) is 0 Å². The second-order valence-electron chi connectivity index (χ2n) is 5.32. The molecule has 2 aromatic rings. The lowest BCUT2D eigenvalue weighted by Crippen LogP contribution is -2.25. The van der Waals surface area contributed by atoms with Gasteiger partial charge in [0.2, 0.25) is 5.75 Å². The molecule has 0 saturated carbocycles. The van der Waals surface area contributed by atoms with Crippen LogP contribution in [-0.4, -0.2) is 36.1 Å². The van der Waals surface area contributed by atoms with E-state index in [1.807, 2.05) is 0 Å². The lowest BCUT2D eigenvalue weighted by molar-refractivity contribution is 0.0851. The standard InChI is InChI=1S/C17H18O6/c1-21-14-7-9(18)3-4-10(14)12-8-23-16-11(15(12)20)5-6-13(19)17(16)22-2/h3-7,12,15,18-20H,8H2,1-2H3/t12-,15+/m1/s1. The number of fused-ring (bicyclic) bond motifs is 1.